The maximum absolute atomic E-state index is 13.5. The van der Waals surface area contributed by atoms with Gasteiger partial charge in [0.1, 0.15) is 18.0 Å². The number of carbonyl (C=O) groups is 2. The van der Waals surface area contributed by atoms with Crippen LogP contribution in [0.5, 0.6) is 11.5 Å². The van der Waals surface area contributed by atoms with Gasteiger partial charge in [0.25, 0.3) is 5.91 Å². The minimum absolute atomic E-state index is 0.0971. The topological polar surface area (TPSA) is 94.9 Å². The molecule has 1 aliphatic rings. The average molecular weight is 555 g/mol. The van der Waals surface area contributed by atoms with Crippen LogP contribution in [-0.4, -0.2) is 66.3 Å². The SMILES string of the molecule is COc1ccc(-c2cn(-c3ccc(OC)cc3)c(NC(=O)CN(C[C@@H]3CCCO3)C(=O)c3ccc(C)cc3)n2)cc1. The number of carbonyl (C=O) groups excluding carboxylic acids is 2. The van der Waals surface area contributed by atoms with Crippen LogP contribution in [-0.2, 0) is 9.53 Å². The summed E-state index contributed by atoms with van der Waals surface area (Å²) in [6.07, 6.45) is 3.56. The Morgan fingerprint density at radius 3 is 2.24 bits per heavy atom. The van der Waals surface area contributed by atoms with Crippen molar-refractivity contribution in [2.24, 2.45) is 0 Å². The highest BCUT2D eigenvalue weighted by molar-refractivity contribution is 5.99. The van der Waals surface area contributed by atoms with Crippen molar-refractivity contribution >= 4 is 17.8 Å². The molecule has 0 bridgehead atoms. The molecule has 1 atom stereocenters. The zero-order valence-electron chi connectivity index (χ0n) is 23.5. The van der Waals surface area contributed by atoms with Gasteiger partial charge in [-0.05, 0) is 80.4 Å². The Labute approximate surface area is 239 Å². The molecule has 1 fully saturated rings. The van der Waals surface area contributed by atoms with Gasteiger partial charge in [0, 0.05) is 36.2 Å². The maximum atomic E-state index is 13.5. The van der Waals surface area contributed by atoms with E-state index in [1.807, 2.05) is 78.4 Å². The number of aryl methyl sites for hydroxylation is 1. The lowest BCUT2D eigenvalue weighted by molar-refractivity contribution is -0.117. The summed E-state index contributed by atoms with van der Waals surface area (Å²) in [6.45, 7) is 2.83. The lowest BCUT2D eigenvalue weighted by atomic mass is 10.1. The molecule has 1 saturated heterocycles. The van der Waals surface area contributed by atoms with Crippen LogP contribution >= 0.6 is 0 Å². The fourth-order valence-electron chi connectivity index (χ4n) is 4.78. The summed E-state index contributed by atoms with van der Waals surface area (Å²) in [5.41, 5.74) is 3.92. The second kappa shape index (κ2) is 12.7. The lowest BCUT2D eigenvalue weighted by Gasteiger charge is -2.25. The Hall–Kier alpha value is -4.63. The second-order valence-electron chi connectivity index (χ2n) is 9.98. The van der Waals surface area contributed by atoms with Crippen molar-refractivity contribution in [1.29, 1.82) is 0 Å². The van der Waals surface area contributed by atoms with Gasteiger partial charge >= 0.3 is 0 Å². The van der Waals surface area contributed by atoms with Crippen LogP contribution in [0.4, 0.5) is 5.95 Å². The molecule has 9 nitrogen and oxygen atoms in total. The molecule has 41 heavy (non-hydrogen) atoms. The Morgan fingerprint density at radius 2 is 1.63 bits per heavy atom. The zero-order chi connectivity index (χ0) is 28.8. The predicted molar refractivity (Wildman–Crippen MR) is 157 cm³/mol. The van der Waals surface area contributed by atoms with Crippen molar-refractivity contribution in [3.63, 3.8) is 0 Å². The van der Waals surface area contributed by atoms with Crippen LogP contribution in [0.2, 0.25) is 0 Å². The van der Waals surface area contributed by atoms with Crippen molar-refractivity contribution in [2.75, 3.05) is 39.2 Å². The third-order valence-corrected chi connectivity index (χ3v) is 7.06. The van der Waals surface area contributed by atoms with Gasteiger partial charge < -0.3 is 19.1 Å². The van der Waals surface area contributed by atoms with Crippen LogP contribution in [0.3, 0.4) is 0 Å². The fourth-order valence-corrected chi connectivity index (χ4v) is 4.78. The molecular weight excluding hydrogens is 520 g/mol. The van der Waals surface area contributed by atoms with E-state index < -0.39 is 0 Å². The predicted octanol–water partition coefficient (Wildman–Crippen LogP) is 5.12. The number of anilines is 1. The smallest absolute Gasteiger partial charge is 0.254 e. The van der Waals surface area contributed by atoms with Crippen molar-refractivity contribution in [3.8, 4) is 28.4 Å². The summed E-state index contributed by atoms with van der Waals surface area (Å²) >= 11 is 0. The van der Waals surface area contributed by atoms with Crippen LogP contribution in [0.1, 0.15) is 28.8 Å². The Kier molecular flexibility index (Phi) is 8.64. The number of aromatic nitrogens is 2. The number of hydrogen-bond acceptors (Lipinski definition) is 6. The van der Waals surface area contributed by atoms with Gasteiger partial charge in [0.15, 0.2) is 0 Å². The van der Waals surface area contributed by atoms with Crippen LogP contribution < -0.4 is 14.8 Å². The van der Waals surface area contributed by atoms with E-state index in [2.05, 4.69) is 5.32 Å². The average Bonchev–Trinajstić information content (AvgIpc) is 3.67. The fraction of sp³-hybridized carbons (Fsp3) is 0.281. The quantitative estimate of drug-likeness (QED) is 0.292. The van der Waals surface area contributed by atoms with Gasteiger partial charge in [-0.25, -0.2) is 4.98 Å². The highest BCUT2D eigenvalue weighted by atomic mass is 16.5. The van der Waals surface area contributed by atoms with E-state index in [0.717, 1.165) is 35.4 Å². The summed E-state index contributed by atoms with van der Waals surface area (Å²) in [7, 11) is 3.23. The normalized spacial score (nSPS) is 14.5. The Bertz CT molecular complexity index is 1470. The number of benzene rings is 3. The summed E-state index contributed by atoms with van der Waals surface area (Å²) < 4.78 is 18.2. The highest BCUT2D eigenvalue weighted by Gasteiger charge is 2.26. The summed E-state index contributed by atoms with van der Waals surface area (Å²) in [4.78, 5) is 33.2. The zero-order valence-corrected chi connectivity index (χ0v) is 23.5. The van der Waals surface area contributed by atoms with E-state index in [-0.39, 0.29) is 24.5 Å². The molecule has 5 rings (SSSR count). The Balaban J connectivity index is 1.41. The molecule has 0 unspecified atom stereocenters. The van der Waals surface area contributed by atoms with Crippen LogP contribution in [0.25, 0.3) is 16.9 Å². The first-order chi connectivity index (χ1) is 19.9. The first-order valence-electron chi connectivity index (χ1n) is 13.6. The number of hydrogen-bond donors (Lipinski definition) is 1. The van der Waals surface area contributed by atoms with Crippen molar-refractivity contribution in [1.82, 2.24) is 14.5 Å². The maximum Gasteiger partial charge on any atom is 0.254 e. The van der Waals surface area contributed by atoms with Crippen LogP contribution in [0, 0.1) is 6.92 Å². The van der Waals surface area contributed by atoms with E-state index in [9.17, 15) is 9.59 Å². The molecule has 3 aromatic carbocycles. The number of ether oxygens (including phenoxy) is 3. The van der Waals surface area contributed by atoms with Gasteiger partial charge in [0.2, 0.25) is 11.9 Å². The molecule has 0 aliphatic carbocycles. The lowest BCUT2D eigenvalue weighted by Crippen LogP contribution is -2.42. The minimum Gasteiger partial charge on any atom is -0.497 e. The molecule has 2 amide bonds. The van der Waals surface area contributed by atoms with E-state index in [0.29, 0.717) is 36.1 Å². The van der Waals surface area contributed by atoms with Crippen molar-refractivity contribution in [3.05, 3.63) is 90.1 Å². The van der Waals surface area contributed by atoms with Crippen molar-refractivity contribution < 1.29 is 23.8 Å². The van der Waals surface area contributed by atoms with Crippen LogP contribution in [0.15, 0.2) is 79.0 Å². The molecule has 1 N–H and O–H groups in total. The molecule has 1 aromatic heterocycles. The van der Waals surface area contributed by atoms with E-state index in [1.165, 1.54) is 0 Å². The Morgan fingerprint density at radius 1 is 0.976 bits per heavy atom. The number of nitrogens with zero attached hydrogens (tertiary/aromatic N) is 3. The number of rotatable bonds is 10. The third-order valence-electron chi connectivity index (χ3n) is 7.06. The van der Waals surface area contributed by atoms with Gasteiger partial charge in [-0.1, -0.05) is 17.7 Å². The summed E-state index contributed by atoms with van der Waals surface area (Å²) in [5.74, 6) is 1.22. The monoisotopic (exact) mass is 554 g/mol. The first-order valence-corrected chi connectivity index (χ1v) is 13.6. The number of imidazole rings is 1. The molecule has 0 radical (unpaired) electrons. The van der Waals surface area contributed by atoms with Crippen molar-refractivity contribution in [2.45, 2.75) is 25.9 Å². The molecule has 0 saturated carbocycles. The standard InChI is InChI=1S/C32H34N4O5/c1-22-6-8-24(9-7-22)31(38)35(19-28-5-4-18-41-28)21-30(37)34-32-33-29(23-10-14-26(39-2)15-11-23)20-36(32)25-12-16-27(40-3)17-13-25/h6-17,20,28H,4-5,18-19,21H2,1-3H3,(H,33,34,37)/t28-/m0/s1. The third kappa shape index (κ3) is 6.75. The van der Waals surface area contributed by atoms with E-state index >= 15 is 0 Å². The van der Waals surface area contributed by atoms with E-state index in [4.69, 9.17) is 19.2 Å². The summed E-state index contributed by atoms with van der Waals surface area (Å²) in [5, 5.41) is 2.94. The highest BCUT2D eigenvalue weighted by Crippen LogP contribution is 2.27. The molecule has 1 aliphatic heterocycles. The number of amides is 2. The van der Waals surface area contributed by atoms with Gasteiger partial charge in [-0.15, -0.1) is 0 Å². The summed E-state index contributed by atoms with van der Waals surface area (Å²) in [6, 6.07) is 22.4. The van der Waals surface area contributed by atoms with Gasteiger partial charge in [-0.3, -0.25) is 19.5 Å². The molecular formula is C32H34N4O5. The van der Waals surface area contributed by atoms with Gasteiger partial charge in [-0.2, -0.15) is 0 Å². The van der Waals surface area contributed by atoms with E-state index in [1.54, 1.807) is 31.3 Å². The second-order valence-corrected chi connectivity index (χ2v) is 9.98. The molecule has 4 aromatic rings. The molecule has 2 heterocycles. The number of methoxy groups -OCH3 is 2. The molecule has 0 spiro atoms. The largest absolute Gasteiger partial charge is 0.497 e. The molecule has 212 valence electrons. The minimum atomic E-state index is -0.356. The number of nitrogens with one attached hydrogen (secondary N) is 1. The van der Waals surface area contributed by atoms with Gasteiger partial charge in [0.05, 0.1) is 26.0 Å². The first kappa shape index (κ1) is 27.9. The molecule has 9 heteroatoms.